The summed E-state index contributed by atoms with van der Waals surface area (Å²) in [5, 5.41) is 12.8. The fourth-order valence-corrected chi connectivity index (χ4v) is 1.96. The Kier molecular flexibility index (Phi) is 5.40. The lowest BCUT2D eigenvalue weighted by atomic mass is 9.87. The summed E-state index contributed by atoms with van der Waals surface area (Å²) >= 11 is 0. The molecule has 1 rings (SSSR count). The summed E-state index contributed by atoms with van der Waals surface area (Å²) < 4.78 is 0. The fourth-order valence-electron chi connectivity index (χ4n) is 1.96. The molecule has 0 aliphatic heterocycles. The summed E-state index contributed by atoms with van der Waals surface area (Å²) in [4.78, 5) is 0. The molecule has 0 bridgehead atoms. The molecule has 0 spiro atoms. The van der Waals surface area contributed by atoms with Crippen molar-refractivity contribution < 1.29 is 5.11 Å². The Morgan fingerprint density at radius 1 is 1.23 bits per heavy atom. The Labute approximate surface area is 81.7 Å². The molecule has 0 heterocycles. The van der Waals surface area contributed by atoms with Crippen molar-refractivity contribution in [3.8, 4) is 0 Å². The third-order valence-electron chi connectivity index (χ3n) is 2.96. The van der Waals surface area contributed by atoms with Crippen LogP contribution in [0.4, 0.5) is 0 Å². The van der Waals surface area contributed by atoms with Gasteiger partial charge in [0.2, 0.25) is 0 Å². The molecule has 1 aliphatic carbocycles. The van der Waals surface area contributed by atoms with Gasteiger partial charge >= 0.3 is 0 Å². The molecule has 0 amide bonds. The van der Waals surface area contributed by atoms with Crippen molar-refractivity contribution in [2.24, 2.45) is 5.92 Å². The minimum Gasteiger partial charge on any atom is -0.393 e. The largest absolute Gasteiger partial charge is 0.393 e. The van der Waals surface area contributed by atoms with Crippen molar-refractivity contribution in [3.05, 3.63) is 0 Å². The maximum absolute atomic E-state index is 9.32. The molecule has 0 aromatic rings. The molecule has 0 saturated heterocycles. The van der Waals surface area contributed by atoms with Gasteiger partial charge in [-0.3, -0.25) is 0 Å². The number of aliphatic hydroxyl groups is 1. The van der Waals surface area contributed by atoms with Gasteiger partial charge in [0.15, 0.2) is 0 Å². The third kappa shape index (κ3) is 4.63. The Morgan fingerprint density at radius 3 is 2.54 bits per heavy atom. The van der Waals surface area contributed by atoms with Crippen LogP contribution in [-0.2, 0) is 0 Å². The van der Waals surface area contributed by atoms with E-state index in [0.717, 1.165) is 31.8 Å². The van der Waals surface area contributed by atoms with Gasteiger partial charge in [0.1, 0.15) is 0 Å². The Hall–Kier alpha value is -0.0800. The maximum atomic E-state index is 9.32. The second-order valence-corrected chi connectivity index (χ2v) is 4.23. The number of nitrogens with one attached hydrogen (secondary N) is 1. The van der Waals surface area contributed by atoms with Crippen molar-refractivity contribution in [1.29, 1.82) is 0 Å². The smallest absolute Gasteiger partial charge is 0.0540 e. The molecular weight excluding hydrogens is 162 g/mol. The molecule has 0 aromatic carbocycles. The van der Waals surface area contributed by atoms with Gasteiger partial charge in [0, 0.05) is 0 Å². The van der Waals surface area contributed by atoms with Gasteiger partial charge in [-0.1, -0.05) is 13.3 Å². The zero-order chi connectivity index (χ0) is 9.52. The van der Waals surface area contributed by atoms with Gasteiger partial charge in [0.05, 0.1) is 6.10 Å². The second-order valence-electron chi connectivity index (χ2n) is 4.23. The molecule has 1 fully saturated rings. The van der Waals surface area contributed by atoms with Crippen molar-refractivity contribution in [2.45, 2.75) is 51.6 Å². The van der Waals surface area contributed by atoms with E-state index in [9.17, 15) is 5.11 Å². The summed E-state index contributed by atoms with van der Waals surface area (Å²) in [6.45, 7) is 4.54. The van der Waals surface area contributed by atoms with Gasteiger partial charge in [-0.2, -0.15) is 0 Å². The van der Waals surface area contributed by atoms with E-state index in [2.05, 4.69) is 12.2 Å². The fraction of sp³-hybridized carbons (Fsp3) is 1.00. The highest BCUT2D eigenvalue weighted by atomic mass is 16.3. The number of unbranched alkanes of at least 4 members (excludes halogenated alkanes) is 1. The van der Waals surface area contributed by atoms with E-state index < -0.39 is 0 Å². The first-order valence-electron chi connectivity index (χ1n) is 5.71. The molecule has 2 nitrogen and oxygen atoms in total. The predicted molar refractivity (Wildman–Crippen MR) is 55.7 cm³/mol. The van der Waals surface area contributed by atoms with Crippen LogP contribution in [0.5, 0.6) is 0 Å². The van der Waals surface area contributed by atoms with Gasteiger partial charge < -0.3 is 10.4 Å². The van der Waals surface area contributed by atoms with Crippen LogP contribution in [0.3, 0.4) is 0 Å². The molecule has 1 saturated carbocycles. The minimum atomic E-state index is -0.00751. The van der Waals surface area contributed by atoms with Gasteiger partial charge in [-0.05, 0) is 51.1 Å². The van der Waals surface area contributed by atoms with E-state index in [0.29, 0.717) is 0 Å². The number of hydrogen-bond donors (Lipinski definition) is 2. The summed E-state index contributed by atoms with van der Waals surface area (Å²) in [6, 6.07) is 0. The highest BCUT2D eigenvalue weighted by molar-refractivity contribution is 4.72. The standard InChI is InChI=1S/C11H23NO/c1-2-3-8-12-9-10-4-6-11(13)7-5-10/h10-13H,2-9H2,1H3. The third-order valence-corrected chi connectivity index (χ3v) is 2.96. The summed E-state index contributed by atoms with van der Waals surface area (Å²) in [6.07, 6.45) is 7.00. The number of hydrogen-bond acceptors (Lipinski definition) is 2. The van der Waals surface area contributed by atoms with Crippen molar-refractivity contribution in [3.63, 3.8) is 0 Å². The molecular formula is C11H23NO. The zero-order valence-corrected chi connectivity index (χ0v) is 8.76. The second kappa shape index (κ2) is 6.39. The quantitative estimate of drug-likeness (QED) is 0.641. The van der Waals surface area contributed by atoms with Crippen LogP contribution in [0.2, 0.25) is 0 Å². The first-order valence-corrected chi connectivity index (χ1v) is 5.71. The van der Waals surface area contributed by atoms with Crippen LogP contribution in [-0.4, -0.2) is 24.3 Å². The van der Waals surface area contributed by atoms with Crippen molar-refractivity contribution >= 4 is 0 Å². The highest BCUT2D eigenvalue weighted by Crippen LogP contribution is 2.23. The number of aliphatic hydroxyl groups excluding tert-OH is 1. The van der Waals surface area contributed by atoms with E-state index in [1.807, 2.05) is 0 Å². The minimum absolute atomic E-state index is 0.00751. The summed E-state index contributed by atoms with van der Waals surface area (Å²) in [5.74, 6) is 0.820. The first kappa shape index (κ1) is 11.0. The van der Waals surface area contributed by atoms with E-state index >= 15 is 0 Å². The molecule has 0 radical (unpaired) electrons. The maximum Gasteiger partial charge on any atom is 0.0540 e. The lowest BCUT2D eigenvalue weighted by Gasteiger charge is -2.25. The first-order chi connectivity index (χ1) is 6.33. The van der Waals surface area contributed by atoms with Crippen LogP contribution < -0.4 is 5.32 Å². The molecule has 2 N–H and O–H groups in total. The highest BCUT2D eigenvalue weighted by Gasteiger charge is 2.18. The van der Waals surface area contributed by atoms with Crippen LogP contribution in [0.25, 0.3) is 0 Å². The number of rotatable bonds is 5. The molecule has 78 valence electrons. The van der Waals surface area contributed by atoms with Crippen molar-refractivity contribution in [2.75, 3.05) is 13.1 Å². The molecule has 0 aromatic heterocycles. The lowest BCUT2D eigenvalue weighted by molar-refractivity contribution is 0.108. The normalized spacial score (nSPS) is 29.1. The topological polar surface area (TPSA) is 32.3 Å². The zero-order valence-electron chi connectivity index (χ0n) is 8.76. The van der Waals surface area contributed by atoms with Crippen LogP contribution in [0.15, 0.2) is 0 Å². The van der Waals surface area contributed by atoms with Crippen LogP contribution >= 0.6 is 0 Å². The molecule has 2 heteroatoms. The molecule has 0 atom stereocenters. The van der Waals surface area contributed by atoms with Crippen LogP contribution in [0.1, 0.15) is 45.4 Å². The predicted octanol–water partition coefficient (Wildman–Crippen LogP) is 1.93. The summed E-state index contributed by atoms with van der Waals surface area (Å²) in [7, 11) is 0. The Bertz CT molecular complexity index is 119. The Morgan fingerprint density at radius 2 is 1.92 bits per heavy atom. The Balaban J connectivity index is 1.96. The lowest BCUT2D eigenvalue weighted by Crippen LogP contribution is -2.28. The SMILES string of the molecule is CCCCNCC1CCC(O)CC1. The van der Waals surface area contributed by atoms with Gasteiger partial charge in [0.25, 0.3) is 0 Å². The molecule has 1 aliphatic rings. The average Bonchev–Trinajstić information content (AvgIpc) is 2.15. The average molecular weight is 185 g/mol. The van der Waals surface area contributed by atoms with Gasteiger partial charge in [-0.25, -0.2) is 0 Å². The van der Waals surface area contributed by atoms with Gasteiger partial charge in [-0.15, -0.1) is 0 Å². The van der Waals surface area contributed by atoms with E-state index in [1.165, 1.54) is 25.7 Å². The molecule has 0 unspecified atom stereocenters. The summed E-state index contributed by atoms with van der Waals surface area (Å²) in [5.41, 5.74) is 0. The monoisotopic (exact) mass is 185 g/mol. The van der Waals surface area contributed by atoms with E-state index in [4.69, 9.17) is 0 Å². The van der Waals surface area contributed by atoms with Crippen molar-refractivity contribution in [1.82, 2.24) is 5.32 Å². The molecule has 13 heavy (non-hydrogen) atoms. The van der Waals surface area contributed by atoms with E-state index in [-0.39, 0.29) is 6.10 Å². The van der Waals surface area contributed by atoms with Crippen LogP contribution in [0, 0.1) is 5.92 Å². The van der Waals surface area contributed by atoms with E-state index in [1.54, 1.807) is 0 Å².